The van der Waals surface area contributed by atoms with E-state index in [0.717, 1.165) is 25.7 Å². The monoisotopic (exact) mass is 446 g/mol. The Morgan fingerprint density at radius 2 is 1.84 bits per heavy atom. The topological polar surface area (TPSA) is 46.5 Å². The maximum absolute atomic E-state index is 12.4. The minimum absolute atomic E-state index is 0.0211. The highest BCUT2D eigenvalue weighted by Crippen LogP contribution is 2.67. The van der Waals surface area contributed by atoms with Crippen molar-refractivity contribution in [1.82, 2.24) is 0 Å². The Hall–Kier alpha value is -0.453. The van der Waals surface area contributed by atoms with E-state index >= 15 is 0 Å². The number of rotatable bonds is 3. The molecule has 4 rings (SSSR count). The summed E-state index contributed by atoms with van der Waals surface area (Å²) in [7, 11) is -1.95. The molecule has 4 aliphatic rings. The van der Waals surface area contributed by atoms with Gasteiger partial charge in [0.15, 0.2) is 8.32 Å². The van der Waals surface area contributed by atoms with Crippen LogP contribution in [0.15, 0.2) is 11.6 Å². The highest BCUT2D eigenvalue weighted by Gasteiger charge is 2.62. The summed E-state index contributed by atoms with van der Waals surface area (Å²) in [5.74, 6) is 2.57. The summed E-state index contributed by atoms with van der Waals surface area (Å²) in [5.41, 5.74) is 1.66. The van der Waals surface area contributed by atoms with Gasteiger partial charge in [0.1, 0.15) is 5.78 Å². The maximum Gasteiger partial charge on any atom is 0.192 e. The number of carbonyl (C=O) groups excluding carboxylic acids is 1. The van der Waals surface area contributed by atoms with E-state index in [2.05, 4.69) is 53.8 Å². The van der Waals surface area contributed by atoms with E-state index in [1.54, 1.807) is 0 Å². The largest absolute Gasteiger partial charge is 0.413 e. The van der Waals surface area contributed by atoms with Gasteiger partial charge in [-0.05, 0) is 93.2 Å². The molecule has 8 atom stereocenters. The van der Waals surface area contributed by atoms with Gasteiger partial charge in [0.25, 0.3) is 0 Å². The first-order chi connectivity index (χ1) is 14.2. The number of carbonyl (C=O) groups is 1. The van der Waals surface area contributed by atoms with Crippen molar-refractivity contribution in [1.29, 1.82) is 0 Å². The number of hydrogen-bond donors (Lipinski definition) is 1. The van der Waals surface area contributed by atoms with Gasteiger partial charge in [-0.1, -0.05) is 46.3 Å². The second-order valence-electron chi connectivity index (χ2n) is 13.4. The van der Waals surface area contributed by atoms with Crippen LogP contribution in [0.1, 0.15) is 86.5 Å². The Labute approximate surface area is 191 Å². The fourth-order valence-corrected chi connectivity index (χ4v) is 9.45. The van der Waals surface area contributed by atoms with Gasteiger partial charge >= 0.3 is 0 Å². The summed E-state index contributed by atoms with van der Waals surface area (Å²) in [6.07, 6.45) is 9.66. The Bertz CT molecular complexity index is 765. The molecule has 4 unspecified atom stereocenters. The van der Waals surface area contributed by atoms with E-state index < -0.39 is 8.32 Å². The van der Waals surface area contributed by atoms with Crippen LogP contribution in [-0.2, 0) is 9.22 Å². The standard InChI is InChI=1S/C27H46O3Si/c1-17(28)21-11-12-22-20-10-9-18-15-19(29)16-24(30-31(7,8)25(2,3)4)27(18,6)23(20)13-14-26(21,22)5/h9,19-24,29H,10-16H2,1-8H3/t19-,20?,21+,22?,23?,24?,26+,27-/m0/s1. The first kappa shape index (κ1) is 23.7. The zero-order valence-electron chi connectivity index (χ0n) is 21.3. The molecule has 0 aromatic carbocycles. The third-order valence-corrected chi connectivity index (χ3v) is 15.4. The zero-order valence-corrected chi connectivity index (χ0v) is 22.3. The summed E-state index contributed by atoms with van der Waals surface area (Å²) in [6, 6.07) is 0. The molecule has 0 amide bonds. The molecule has 0 spiro atoms. The molecule has 0 heterocycles. The van der Waals surface area contributed by atoms with Crippen molar-refractivity contribution in [2.24, 2.45) is 34.5 Å². The van der Waals surface area contributed by atoms with E-state index in [-0.39, 0.29) is 34.0 Å². The zero-order chi connectivity index (χ0) is 23.0. The van der Waals surface area contributed by atoms with Crippen LogP contribution in [0.25, 0.3) is 0 Å². The number of aliphatic hydroxyl groups is 1. The number of aliphatic hydroxyl groups excluding tert-OH is 1. The summed E-state index contributed by atoms with van der Waals surface area (Å²) >= 11 is 0. The van der Waals surface area contributed by atoms with Crippen LogP contribution in [0.4, 0.5) is 0 Å². The van der Waals surface area contributed by atoms with Crippen LogP contribution < -0.4 is 0 Å². The van der Waals surface area contributed by atoms with Crippen molar-refractivity contribution in [2.45, 2.75) is 117 Å². The Kier molecular flexibility index (Phi) is 5.76. The number of hydrogen-bond acceptors (Lipinski definition) is 3. The van der Waals surface area contributed by atoms with Gasteiger partial charge < -0.3 is 9.53 Å². The fraction of sp³-hybridized carbons (Fsp3) is 0.889. The van der Waals surface area contributed by atoms with Crippen LogP contribution >= 0.6 is 0 Å². The number of Topliss-reactive ketones (excluding diaryl/α,β-unsaturated/α-hetero) is 1. The summed E-state index contributed by atoms with van der Waals surface area (Å²) in [4.78, 5) is 12.4. The minimum atomic E-state index is -1.95. The molecule has 0 radical (unpaired) electrons. The Morgan fingerprint density at radius 3 is 2.45 bits per heavy atom. The van der Waals surface area contributed by atoms with Crippen LogP contribution in [0.2, 0.25) is 18.1 Å². The smallest absolute Gasteiger partial charge is 0.192 e. The van der Waals surface area contributed by atoms with E-state index in [9.17, 15) is 9.90 Å². The van der Waals surface area contributed by atoms with Crippen molar-refractivity contribution in [2.75, 3.05) is 0 Å². The molecule has 0 aromatic rings. The molecule has 3 fully saturated rings. The van der Waals surface area contributed by atoms with Gasteiger partial charge in [-0.2, -0.15) is 0 Å². The molecule has 31 heavy (non-hydrogen) atoms. The summed E-state index contributed by atoms with van der Waals surface area (Å²) in [5, 5.41) is 10.9. The molecule has 0 saturated heterocycles. The van der Waals surface area contributed by atoms with Gasteiger partial charge in [0.2, 0.25) is 0 Å². The molecule has 0 bridgehead atoms. The molecular formula is C27H46O3Si. The second-order valence-corrected chi connectivity index (χ2v) is 18.1. The number of allylic oxidation sites excluding steroid dienone is 1. The highest BCUT2D eigenvalue weighted by molar-refractivity contribution is 6.74. The number of ketones is 1. The van der Waals surface area contributed by atoms with Crippen molar-refractivity contribution in [3.05, 3.63) is 11.6 Å². The molecule has 0 aliphatic heterocycles. The molecule has 176 valence electrons. The molecular weight excluding hydrogens is 400 g/mol. The lowest BCUT2D eigenvalue weighted by molar-refractivity contribution is -0.130. The average Bonchev–Trinajstić information content (AvgIpc) is 2.99. The highest BCUT2D eigenvalue weighted by atomic mass is 28.4. The quantitative estimate of drug-likeness (QED) is 0.397. The van der Waals surface area contributed by atoms with Crippen LogP contribution in [0.3, 0.4) is 0 Å². The SMILES string of the molecule is CC(=O)[C@H]1CCC2C3CC=C4C[C@H](O)CC(O[Si](C)(C)C(C)(C)C)[C@]4(C)C3CC[C@@]21C. The average molecular weight is 447 g/mol. The van der Waals surface area contributed by atoms with Crippen molar-refractivity contribution in [3.8, 4) is 0 Å². The summed E-state index contributed by atoms with van der Waals surface area (Å²) < 4.78 is 7.11. The predicted octanol–water partition coefficient (Wildman–Crippen LogP) is 6.52. The molecule has 4 aliphatic carbocycles. The molecule has 1 N–H and O–H groups in total. The van der Waals surface area contributed by atoms with Gasteiger partial charge in [0, 0.05) is 11.3 Å². The molecule has 0 aromatic heterocycles. The van der Waals surface area contributed by atoms with Crippen molar-refractivity contribution >= 4 is 14.1 Å². The third-order valence-electron chi connectivity index (χ3n) is 10.9. The van der Waals surface area contributed by atoms with E-state index in [0.29, 0.717) is 23.5 Å². The van der Waals surface area contributed by atoms with Crippen molar-refractivity contribution in [3.63, 3.8) is 0 Å². The van der Waals surface area contributed by atoms with Gasteiger partial charge in [0.05, 0.1) is 12.2 Å². The summed E-state index contributed by atoms with van der Waals surface area (Å²) in [6.45, 7) is 18.4. The normalized spacial score (nSPS) is 45.4. The maximum atomic E-state index is 12.4. The van der Waals surface area contributed by atoms with E-state index in [1.807, 2.05) is 6.92 Å². The van der Waals surface area contributed by atoms with Crippen LogP contribution in [0.5, 0.6) is 0 Å². The van der Waals surface area contributed by atoms with E-state index in [4.69, 9.17) is 4.43 Å². The first-order valence-corrected chi connectivity index (χ1v) is 15.7. The lowest BCUT2D eigenvalue weighted by atomic mass is 9.46. The molecule has 3 saturated carbocycles. The fourth-order valence-electron chi connectivity index (χ4n) is 8.05. The third kappa shape index (κ3) is 3.54. The predicted molar refractivity (Wildman–Crippen MR) is 129 cm³/mol. The van der Waals surface area contributed by atoms with E-state index in [1.165, 1.54) is 24.8 Å². The lowest BCUT2D eigenvalue weighted by Gasteiger charge is -2.61. The Balaban J connectivity index is 1.69. The van der Waals surface area contributed by atoms with Gasteiger partial charge in [-0.25, -0.2) is 0 Å². The Morgan fingerprint density at radius 1 is 1.16 bits per heavy atom. The lowest BCUT2D eigenvalue weighted by Crippen LogP contribution is -2.59. The van der Waals surface area contributed by atoms with Crippen LogP contribution in [-0.4, -0.2) is 31.4 Å². The second kappa shape index (κ2) is 7.53. The first-order valence-electron chi connectivity index (χ1n) is 12.8. The molecule has 3 nitrogen and oxygen atoms in total. The van der Waals surface area contributed by atoms with Gasteiger partial charge in [-0.3, -0.25) is 4.79 Å². The number of fused-ring (bicyclic) bond motifs is 5. The van der Waals surface area contributed by atoms with Gasteiger partial charge in [-0.15, -0.1) is 0 Å². The van der Waals surface area contributed by atoms with Crippen molar-refractivity contribution < 1.29 is 14.3 Å². The molecule has 4 heteroatoms. The minimum Gasteiger partial charge on any atom is -0.413 e. The van der Waals surface area contributed by atoms with Crippen LogP contribution in [0, 0.1) is 34.5 Å².